The second kappa shape index (κ2) is 6.37. The van der Waals surface area contributed by atoms with E-state index in [0.717, 1.165) is 24.8 Å². The second-order valence-electron chi connectivity index (χ2n) is 4.54. The Morgan fingerprint density at radius 2 is 2.06 bits per heavy atom. The van der Waals surface area contributed by atoms with E-state index in [4.69, 9.17) is 5.84 Å². The van der Waals surface area contributed by atoms with Crippen LogP contribution in [-0.2, 0) is 9.84 Å². The van der Waals surface area contributed by atoms with Crippen molar-refractivity contribution in [2.75, 3.05) is 12.0 Å². The summed E-state index contributed by atoms with van der Waals surface area (Å²) < 4.78 is 22.5. The fraction of sp³-hybridized carbons (Fsp3) is 0.818. The Morgan fingerprint density at radius 1 is 1.38 bits per heavy atom. The van der Waals surface area contributed by atoms with Gasteiger partial charge in [0.2, 0.25) is 0 Å². The fourth-order valence-corrected chi connectivity index (χ4v) is 3.01. The largest absolute Gasteiger partial charge is 0.271 e. The summed E-state index contributed by atoms with van der Waals surface area (Å²) in [6.45, 7) is 0. The van der Waals surface area contributed by atoms with Gasteiger partial charge in [-0.2, -0.15) is 0 Å². The number of hydrogen-bond donors (Lipinski definition) is 2. The number of hydrazine groups is 1. The monoisotopic (exact) mass is 246 g/mol. The molecular formula is C11H22N2O2S. The molecule has 1 atom stereocenters. The molecule has 1 unspecified atom stereocenters. The molecule has 0 heterocycles. The van der Waals surface area contributed by atoms with Crippen LogP contribution in [-0.4, -0.2) is 26.5 Å². The summed E-state index contributed by atoms with van der Waals surface area (Å²) in [5.74, 6) is 5.54. The molecule has 0 spiro atoms. The van der Waals surface area contributed by atoms with Gasteiger partial charge in [0.05, 0.1) is 11.8 Å². The SMILES string of the molecule is CS(=O)(=O)CC(NN)C1=CCCCCCC1. The third-order valence-corrected chi connectivity index (χ3v) is 3.88. The van der Waals surface area contributed by atoms with E-state index >= 15 is 0 Å². The van der Waals surface area contributed by atoms with E-state index in [0.29, 0.717) is 0 Å². The van der Waals surface area contributed by atoms with Gasteiger partial charge in [0.25, 0.3) is 0 Å². The first-order valence-corrected chi connectivity index (χ1v) is 7.92. The Hall–Kier alpha value is -0.390. The highest BCUT2D eigenvalue weighted by Crippen LogP contribution is 2.20. The van der Waals surface area contributed by atoms with E-state index in [1.54, 1.807) is 0 Å². The zero-order valence-corrected chi connectivity index (χ0v) is 10.7. The molecule has 0 radical (unpaired) electrons. The number of hydrogen-bond acceptors (Lipinski definition) is 4. The minimum Gasteiger partial charge on any atom is -0.271 e. The van der Waals surface area contributed by atoms with Crippen LogP contribution in [0.3, 0.4) is 0 Å². The van der Waals surface area contributed by atoms with Crippen LogP contribution in [0, 0.1) is 0 Å². The van der Waals surface area contributed by atoms with E-state index in [1.807, 2.05) is 0 Å². The summed E-state index contributed by atoms with van der Waals surface area (Å²) in [6, 6.07) is -0.215. The lowest BCUT2D eigenvalue weighted by Gasteiger charge is -2.20. The van der Waals surface area contributed by atoms with Crippen molar-refractivity contribution in [2.45, 2.75) is 44.6 Å². The Balaban J connectivity index is 2.69. The van der Waals surface area contributed by atoms with E-state index in [-0.39, 0.29) is 11.8 Å². The second-order valence-corrected chi connectivity index (χ2v) is 6.73. The van der Waals surface area contributed by atoms with Crippen LogP contribution in [0.25, 0.3) is 0 Å². The molecule has 0 aliphatic heterocycles. The van der Waals surface area contributed by atoms with Crippen molar-refractivity contribution < 1.29 is 8.42 Å². The highest BCUT2D eigenvalue weighted by atomic mass is 32.2. The smallest absolute Gasteiger partial charge is 0.149 e. The maximum absolute atomic E-state index is 11.3. The molecule has 0 saturated heterocycles. The molecule has 0 aromatic carbocycles. The average molecular weight is 246 g/mol. The van der Waals surface area contributed by atoms with Crippen molar-refractivity contribution in [3.8, 4) is 0 Å². The van der Waals surface area contributed by atoms with Crippen molar-refractivity contribution in [3.05, 3.63) is 11.6 Å². The van der Waals surface area contributed by atoms with Gasteiger partial charge in [0.15, 0.2) is 0 Å². The zero-order valence-electron chi connectivity index (χ0n) is 9.91. The molecule has 0 aromatic rings. The summed E-state index contributed by atoms with van der Waals surface area (Å²) in [6.07, 6.45) is 10.2. The third-order valence-electron chi connectivity index (χ3n) is 2.94. The van der Waals surface area contributed by atoms with Gasteiger partial charge in [-0.05, 0) is 25.7 Å². The zero-order chi connectivity index (χ0) is 12.0. The van der Waals surface area contributed by atoms with Crippen molar-refractivity contribution >= 4 is 9.84 Å². The predicted octanol–water partition coefficient (Wildman–Crippen LogP) is 1.14. The van der Waals surface area contributed by atoms with Crippen molar-refractivity contribution in [2.24, 2.45) is 5.84 Å². The molecule has 1 aliphatic carbocycles. The van der Waals surface area contributed by atoms with Gasteiger partial charge in [-0.3, -0.25) is 11.3 Å². The van der Waals surface area contributed by atoms with Gasteiger partial charge < -0.3 is 0 Å². The van der Waals surface area contributed by atoms with E-state index in [2.05, 4.69) is 11.5 Å². The summed E-state index contributed by atoms with van der Waals surface area (Å²) in [5, 5.41) is 0. The maximum Gasteiger partial charge on any atom is 0.149 e. The molecule has 5 heteroatoms. The Morgan fingerprint density at radius 3 is 2.69 bits per heavy atom. The van der Waals surface area contributed by atoms with Crippen molar-refractivity contribution in [1.29, 1.82) is 0 Å². The van der Waals surface area contributed by atoms with Crippen LogP contribution in [0.15, 0.2) is 11.6 Å². The van der Waals surface area contributed by atoms with Crippen LogP contribution < -0.4 is 11.3 Å². The van der Waals surface area contributed by atoms with Gasteiger partial charge in [0, 0.05) is 6.26 Å². The van der Waals surface area contributed by atoms with Gasteiger partial charge in [-0.1, -0.05) is 24.5 Å². The lowest BCUT2D eigenvalue weighted by atomic mass is 9.96. The Bertz CT molecular complexity index is 336. The number of allylic oxidation sites excluding steroid dienone is 1. The van der Waals surface area contributed by atoms with Gasteiger partial charge >= 0.3 is 0 Å². The minimum atomic E-state index is -2.99. The highest BCUT2D eigenvalue weighted by molar-refractivity contribution is 7.90. The number of rotatable bonds is 4. The number of nitrogens with one attached hydrogen (secondary N) is 1. The third kappa shape index (κ3) is 5.09. The molecule has 0 amide bonds. The first-order chi connectivity index (χ1) is 7.53. The maximum atomic E-state index is 11.3. The molecule has 94 valence electrons. The summed E-state index contributed by atoms with van der Waals surface area (Å²) in [5.41, 5.74) is 3.79. The Kier molecular flexibility index (Phi) is 5.44. The first-order valence-electron chi connectivity index (χ1n) is 5.86. The molecule has 0 saturated carbocycles. The molecule has 1 aliphatic rings. The molecule has 16 heavy (non-hydrogen) atoms. The van der Waals surface area contributed by atoms with Crippen molar-refractivity contribution in [1.82, 2.24) is 5.43 Å². The predicted molar refractivity (Wildman–Crippen MR) is 66.6 cm³/mol. The number of sulfone groups is 1. The molecule has 4 nitrogen and oxygen atoms in total. The highest BCUT2D eigenvalue weighted by Gasteiger charge is 2.18. The molecule has 0 aromatic heterocycles. The normalized spacial score (nSPS) is 20.8. The van der Waals surface area contributed by atoms with Crippen LogP contribution in [0.2, 0.25) is 0 Å². The lowest BCUT2D eigenvalue weighted by Crippen LogP contribution is -2.41. The van der Waals surface area contributed by atoms with Crippen LogP contribution in [0.4, 0.5) is 0 Å². The standard InChI is InChI=1S/C11H22N2O2S/c1-16(14,15)9-11(13-12)10-7-5-3-2-4-6-8-10/h7,11,13H,2-6,8-9,12H2,1H3. The molecule has 0 bridgehead atoms. The minimum absolute atomic E-state index is 0.0926. The van der Waals surface area contributed by atoms with Crippen molar-refractivity contribution in [3.63, 3.8) is 0 Å². The molecular weight excluding hydrogens is 224 g/mol. The molecule has 0 fully saturated rings. The lowest BCUT2D eigenvalue weighted by molar-refractivity contribution is 0.550. The summed E-state index contributed by atoms with van der Waals surface area (Å²) >= 11 is 0. The van der Waals surface area contributed by atoms with Gasteiger partial charge in [-0.15, -0.1) is 0 Å². The van der Waals surface area contributed by atoms with Gasteiger partial charge in [0.1, 0.15) is 9.84 Å². The number of nitrogens with two attached hydrogens (primary N) is 1. The van der Waals surface area contributed by atoms with E-state index < -0.39 is 9.84 Å². The topological polar surface area (TPSA) is 72.2 Å². The molecule has 1 rings (SSSR count). The summed E-state index contributed by atoms with van der Waals surface area (Å²) in [7, 11) is -2.99. The van der Waals surface area contributed by atoms with Crippen LogP contribution in [0.5, 0.6) is 0 Å². The quantitative estimate of drug-likeness (QED) is 0.443. The van der Waals surface area contributed by atoms with E-state index in [9.17, 15) is 8.42 Å². The molecule has 3 N–H and O–H groups in total. The Labute approximate surface area is 98.2 Å². The first kappa shape index (κ1) is 13.7. The van der Waals surface area contributed by atoms with Gasteiger partial charge in [-0.25, -0.2) is 8.42 Å². The summed E-state index contributed by atoms with van der Waals surface area (Å²) in [4.78, 5) is 0. The van der Waals surface area contributed by atoms with E-state index in [1.165, 1.54) is 25.5 Å². The van der Waals surface area contributed by atoms with Crippen LogP contribution in [0.1, 0.15) is 38.5 Å². The average Bonchev–Trinajstić information content (AvgIpc) is 2.12. The fourth-order valence-electron chi connectivity index (χ4n) is 2.10. The van der Waals surface area contributed by atoms with Crippen LogP contribution >= 0.6 is 0 Å².